The highest BCUT2D eigenvalue weighted by molar-refractivity contribution is 6.18. The van der Waals surface area contributed by atoms with Gasteiger partial charge >= 0.3 is 17.5 Å². The van der Waals surface area contributed by atoms with Crippen LogP contribution < -0.4 is 4.90 Å². The third-order valence-electron chi connectivity index (χ3n) is 5.33. The van der Waals surface area contributed by atoms with Crippen LogP contribution in [0.3, 0.4) is 0 Å². The van der Waals surface area contributed by atoms with Gasteiger partial charge in [0.1, 0.15) is 0 Å². The van der Waals surface area contributed by atoms with E-state index in [1.54, 1.807) is 54.6 Å². The Hall–Kier alpha value is -3.23. The molecule has 29 heavy (non-hydrogen) atoms. The molecule has 4 rings (SSSR count). The Kier molecular flexibility index (Phi) is 4.40. The number of hydrogen-bond acceptors (Lipinski definition) is 7. The minimum absolute atomic E-state index is 0.321. The average molecular weight is 397 g/mol. The maximum atomic E-state index is 13.5. The van der Waals surface area contributed by atoms with Crippen LogP contribution in [0.25, 0.3) is 0 Å². The fourth-order valence-electron chi connectivity index (χ4n) is 3.99. The normalized spacial score (nSPS) is 24.4. The zero-order chi connectivity index (χ0) is 20.8. The van der Waals surface area contributed by atoms with Crippen LogP contribution in [-0.4, -0.2) is 44.7 Å². The SMILES string of the molecule is COC(=O)C1(C(=O)OC)OC(c2ccccc2)OC12C(=O)N(C)c1ccccc12. The first-order valence-corrected chi connectivity index (χ1v) is 8.89. The molecule has 1 saturated heterocycles. The standard InChI is InChI=1S/C21H19NO7/c1-22-15-12-8-7-11-14(15)20(17(22)23)21(18(24)26-2,19(25)27-3)29-16(28-20)13-9-5-4-6-10-13/h4-12,16H,1-3H3. The third kappa shape index (κ3) is 2.30. The first-order chi connectivity index (χ1) is 13.9. The molecule has 0 aliphatic carbocycles. The highest BCUT2D eigenvalue weighted by Crippen LogP contribution is 2.58. The molecule has 0 radical (unpaired) electrons. The molecule has 0 saturated carbocycles. The van der Waals surface area contributed by atoms with Crippen LogP contribution in [0.15, 0.2) is 54.6 Å². The van der Waals surface area contributed by atoms with E-state index in [0.717, 1.165) is 14.2 Å². The van der Waals surface area contributed by atoms with E-state index in [0.29, 0.717) is 16.8 Å². The summed E-state index contributed by atoms with van der Waals surface area (Å²) in [6.45, 7) is 0. The third-order valence-corrected chi connectivity index (χ3v) is 5.33. The van der Waals surface area contributed by atoms with Crippen LogP contribution in [-0.2, 0) is 38.9 Å². The van der Waals surface area contributed by atoms with Crippen molar-refractivity contribution in [2.24, 2.45) is 0 Å². The van der Waals surface area contributed by atoms with Crippen molar-refractivity contribution in [3.63, 3.8) is 0 Å². The largest absolute Gasteiger partial charge is 0.466 e. The number of fused-ring (bicyclic) bond motifs is 2. The number of amides is 1. The highest BCUT2D eigenvalue weighted by atomic mass is 16.8. The average Bonchev–Trinajstić information content (AvgIpc) is 3.24. The van der Waals surface area contributed by atoms with E-state index in [9.17, 15) is 14.4 Å². The molecule has 1 spiro atoms. The fourth-order valence-corrected chi connectivity index (χ4v) is 3.99. The molecule has 2 aromatic carbocycles. The summed E-state index contributed by atoms with van der Waals surface area (Å²) in [6.07, 6.45) is -1.18. The molecule has 0 bridgehead atoms. The quantitative estimate of drug-likeness (QED) is 0.575. The number of anilines is 1. The Bertz CT molecular complexity index is 974. The summed E-state index contributed by atoms with van der Waals surface area (Å²) in [5.74, 6) is -2.80. The number of methoxy groups -OCH3 is 2. The number of nitrogens with zero attached hydrogens (tertiary/aromatic N) is 1. The molecule has 0 aromatic heterocycles. The molecule has 2 aliphatic heterocycles. The van der Waals surface area contributed by atoms with Crippen molar-refractivity contribution >= 4 is 23.5 Å². The monoisotopic (exact) mass is 397 g/mol. The summed E-state index contributed by atoms with van der Waals surface area (Å²) in [5.41, 5.74) is -3.23. The number of ether oxygens (including phenoxy) is 4. The topological polar surface area (TPSA) is 91.4 Å². The predicted octanol–water partition coefficient (Wildman–Crippen LogP) is 1.69. The van der Waals surface area contributed by atoms with Gasteiger partial charge in [-0.3, -0.25) is 4.79 Å². The van der Waals surface area contributed by atoms with Crippen molar-refractivity contribution in [1.82, 2.24) is 0 Å². The van der Waals surface area contributed by atoms with Crippen molar-refractivity contribution < 1.29 is 33.3 Å². The summed E-state index contributed by atoms with van der Waals surface area (Å²) in [6, 6.07) is 15.5. The van der Waals surface area contributed by atoms with Gasteiger partial charge in [-0.25, -0.2) is 9.59 Å². The van der Waals surface area contributed by atoms with Gasteiger partial charge in [0.2, 0.25) is 5.60 Å². The lowest BCUT2D eigenvalue weighted by Crippen LogP contribution is -2.64. The zero-order valence-electron chi connectivity index (χ0n) is 16.1. The van der Waals surface area contributed by atoms with Crippen molar-refractivity contribution in [1.29, 1.82) is 0 Å². The molecule has 1 fully saturated rings. The second-order valence-electron chi connectivity index (χ2n) is 6.71. The molecule has 2 unspecified atom stereocenters. The Labute approximate surface area is 166 Å². The summed E-state index contributed by atoms with van der Waals surface area (Å²) in [7, 11) is 3.75. The van der Waals surface area contributed by atoms with Crippen LogP contribution in [0.4, 0.5) is 5.69 Å². The number of benzene rings is 2. The predicted molar refractivity (Wildman–Crippen MR) is 99.6 cm³/mol. The lowest BCUT2D eigenvalue weighted by atomic mass is 9.78. The number of carbonyl (C=O) groups excluding carboxylic acids is 3. The zero-order valence-corrected chi connectivity index (χ0v) is 16.1. The first-order valence-electron chi connectivity index (χ1n) is 8.89. The number of esters is 2. The number of para-hydroxylation sites is 1. The van der Waals surface area contributed by atoms with E-state index in [2.05, 4.69) is 0 Å². The maximum absolute atomic E-state index is 13.5. The summed E-state index contributed by atoms with van der Waals surface area (Å²) in [4.78, 5) is 40.9. The number of rotatable bonds is 3. The number of carbonyl (C=O) groups is 3. The van der Waals surface area contributed by atoms with Gasteiger partial charge in [0.15, 0.2) is 6.29 Å². The van der Waals surface area contributed by atoms with Crippen molar-refractivity contribution in [2.75, 3.05) is 26.2 Å². The van der Waals surface area contributed by atoms with Gasteiger partial charge in [-0.2, -0.15) is 0 Å². The smallest absolute Gasteiger partial charge is 0.354 e. The second-order valence-corrected chi connectivity index (χ2v) is 6.71. The molecule has 2 atom stereocenters. The van der Waals surface area contributed by atoms with E-state index in [-0.39, 0.29) is 0 Å². The van der Waals surface area contributed by atoms with E-state index in [1.165, 1.54) is 11.9 Å². The minimum atomic E-state index is -2.48. The molecule has 1 amide bonds. The second kappa shape index (κ2) is 6.68. The van der Waals surface area contributed by atoms with E-state index in [1.807, 2.05) is 0 Å². The first kappa shape index (κ1) is 19.1. The molecular formula is C21H19NO7. The molecule has 2 aromatic rings. The molecule has 8 nitrogen and oxygen atoms in total. The fraction of sp³-hybridized carbons (Fsp3) is 0.286. The Morgan fingerprint density at radius 3 is 2.14 bits per heavy atom. The lowest BCUT2D eigenvalue weighted by Gasteiger charge is -2.33. The highest BCUT2D eigenvalue weighted by Gasteiger charge is 2.79. The minimum Gasteiger partial charge on any atom is -0.466 e. The summed E-state index contributed by atoms with van der Waals surface area (Å²) >= 11 is 0. The number of likely N-dealkylation sites (N-methyl/N-ethyl adjacent to an activating group) is 1. The van der Waals surface area contributed by atoms with Crippen molar-refractivity contribution in [3.05, 3.63) is 65.7 Å². The molecule has 150 valence electrons. The van der Waals surface area contributed by atoms with Gasteiger partial charge in [-0.1, -0.05) is 48.5 Å². The number of hydrogen-bond donors (Lipinski definition) is 0. The van der Waals surface area contributed by atoms with E-state index < -0.39 is 35.3 Å². The molecule has 0 N–H and O–H groups in total. The Morgan fingerprint density at radius 2 is 1.52 bits per heavy atom. The molecular weight excluding hydrogens is 378 g/mol. The van der Waals surface area contributed by atoms with E-state index >= 15 is 0 Å². The Morgan fingerprint density at radius 1 is 0.931 bits per heavy atom. The maximum Gasteiger partial charge on any atom is 0.354 e. The summed E-state index contributed by atoms with van der Waals surface area (Å²) < 4.78 is 21.9. The van der Waals surface area contributed by atoms with Gasteiger partial charge in [0, 0.05) is 18.2 Å². The summed E-state index contributed by atoms with van der Waals surface area (Å²) in [5, 5.41) is 0. The van der Waals surface area contributed by atoms with Gasteiger partial charge < -0.3 is 23.8 Å². The van der Waals surface area contributed by atoms with Crippen LogP contribution in [0.2, 0.25) is 0 Å². The molecule has 2 aliphatic rings. The van der Waals surface area contributed by atoms with Crippen molar-refractivity contribution in [3.8, 4) is 0 Å². The molecule has 2 heterocycles. The van der Waals surface area contributed by atoms with Crippen LogP contribution in [0, 0.1) is 0 Å². The van der Waals surface area contributed by atoms with Gasteiger partial charge in [0.25, 0.3) is 5.91 Å². The van der Waals surface area contributed by atoms with Crippen LogP contribution >= 0.6 is 0 Å². The lowest BCUT2D eigenvalue weighted by molar-refractivity contribution is -0.193. The van der Waals surface area contributed by atoms with Crippen LogP contribution in [0.5, 0.6) is 0 Å². The van der Waals surface area contributed by atoms with Crippen LogP contribution in [0.1, 0.15) is 17.4 Å². The van der Waals surface area contributed by atoms with Gasteiger partial charge in [0.05, 0.1) is 19.9 Å². The van der Waals surface area contributed by atoms with Crippen molar-refractivity contribution in [2.45, 2.75) is 17.5 Å². The van der Waals surface area contributed by atoms with Gasteiger partial charge in [-0.15, -0.1) is 0 Å². The van der Waals surface area contributed by atoms with E-state index in [4.69, 9.17) is 18.9 Å². The van der Waals surface area contributed by atoms with Gasteiger partial charge in [-0.05, 0) is 6.07 Å². The Balaban J connectivity index is 2.02. The molecule has 8 heteroatoms.